The Morgan fingerprint density at radius 1 is 1.24 bits per heavy atom. The smallest absolute Gasteiger partial charge is 0.252 e. The third kappa shape index (κ3) is 4.61. The molecular formula is C22H32N6O. The molecule has 156 valence electrons. The van der Waals surface area contributed by atoms with Gasteiger partial charge in [-0.2, -0.15) is 0 Å². The molecule has 0 bridgehead atoms. The van der Waals surface area contributed by atoms with Crippen LogP contribution in [0.2, 0.25) is 0 Å². The zero-order valence-corrected chi connectivity index (χ0v) is 17.5. The third-order valence-electron chi connectivity index (χ3n) is 6.05. The fourth-order valence-corrected chi connectivity index (χ4v) is 4.47. The molecule has 2 fully saturated rings. The van der Waals surface area contributed by atoms with E-state index in [1.807, 2.05) is 24.5 Å². The number of fused-ring (bicyclic) bond motifs is 1. The predicted octanol–water partition coefficient (Wildman–Crippen LogP) is 2.51. The van der Waals surface area contributed by atoms with Crippen LogP contribution in [0.3, 0.4) is 0 Å². The van der Waals surface area contributed by atoms with E-state index in [0.717, 1.165) is 44.2 Å². The summed E-state index contributed by atoms with van der Waals surface area (Å²) in [5, 5.41) is 3.01. The number of hydrogen-bond acceptors (Lipinski definition) is 5. The predicted molar refractivity (Wildman–Crippen MR) is 114 cm³/mol. The third-order valence-corrected chi connectivity index (χ3v) is 6.05. The molecule has 1 N–H and O–H groups in total. The molecule has 0 unspecified atom stereocenters. The van der Waals surface area contributed by atoms with E-state index in [0.29, 0.717) is 24.1 Å². The number of imidazole rings is 1. The molecule has 4 heterocycles. The minimum Gasteiger partial charge on any atom is -0.354 e. The van der Waals surface area contributed by atoms with E-state index < -0.39 is 0 Å². The fraction of sp³-hybridized carbons (Fsp3) is 0.591. The highest BCUT2D eigenvalue weighted by Crippen LogP contribution is 2.24. The van der Waals surface area contributed by atoms with Gasteiger partial charge in [0.15, 0.2) is 0 Å². The van der Waals surface area contributed by atoms with Crippen LogP contribution in [0.5, 0.6) is 0 Å². The molecule has 1 atom stereocenters. The molecule has 7 nitrogen and oxygen atoms in total. The highest BCUT2D eigenvalue weighted by Gasteiger charge is 2.30. The van der Waals surface area contributed by atoms with Crippen molar-refractivity contribution in [1.29, 1.82) is 0 Å². The summed E-state index contributed by atoms with van der Waals surface area (Å²) in [4.78, 5) is 26.3. The molecule has 2 aromatic rings. The largest absolute Gasteiger partial charge is 0.354 e. The van der Waals surface area contributed by atoms with Gasteiger partial charge in [0, 0.05) is 63.3 Å². The van der Waals surface area contributed by atoms with E-state index in [1.165, 1.54) is 19.4 Å². The molecule has 0 aromatic carbocycles. The van der Waals surface area contributed by atoms with Gasteiger partial charge in [-0.05, 0) is 37.9 Å². The number of aromatic nitrogens is 3. The van der Waals surface area contributed by atoms with Crippen molar-refractivity contribution in [2.75, 3.05) is 37.6 Å². The molecule has 0 radical (unpaired) electrons. The Hall–Kier alpha value is -2.41. The van der Waals surface area contributed by atoms with Gasteiger partial charge in [0.05, 0.1) is 5.56 Å². The molecule has 4 rings (SSSR count). The Balaban J connectivity index is 1.24. The summed E-state index contributed by atoms with van der Waals surface area (Å²) in [5.74, 6) is 2.42. The van der Waals surface area contributed by atoms with Gasteiger partial charge in [0.25, 0.3) is 5.91 Å². The van der Waals surface area contributed by atoms with Gasteiger partial charge in [-0.15, -0.1) is 0 Å². The Bertz CT molecular complexity index is 815. The number of anilines is 1. The quantitative estimate of drug-likeness (QED) is 0.729. The van der Waals surface area contributed by atoms with Crippen molar-refractivity contribution in [3.05, 3.63) is 42.1 Å². The zero-order valence-electron chi connectivity index (χ0n) is 17.5. The molecule has 0 saturated carbocycles. The van der Waals surface area contributed by atoms with Crippen LogP contribution >= 0.6 is 0 Å². The summed E-state index contributed by atoms with van der Waals surface area (Å²) in [6.07, 6.45) is 9.02. The normalized spacial score (nSPS) is 19.6. The molecule has 0 aliphatic carbocycles. The molecular weight excluding hydrogens is 364 g/mol. The van der Waals surface area contributed by atoms with E-state index in [-0.39, 0.29) is 5.91 Å². The first-order valence-corrected chi connectivity index (χ1v) is 10.9. The lowest BCUT2D eigenvalue weighted by atomic mass is 10.1. The summed E-state index contributed by atoms with van der Waals surface area (Å²) in [5.41, 5.74) is 0.624. The Morgan fingerprint density at radius 3 is 2.93 bits per heavy atom. The van der Waals surface area contributed by atoms with Crippen LogP contribution in [0, 0.1) is 0 Å². The summed E-state index contributed by atoms with van der Waals surface area (Å²) < 4.78 is 2.16. The second-order valence-corrected chi connectivity index (χ2v) is 8.43. The highest BCUT2D eigenvalue weighted by molar-refractivity contribution is 5.94. The Morgan fingerprint density at radius 2 is 2.14 bits per heavy atom. The minimum absolute atomic E-state index is 0.0561. The number of carbonyl (C=O) groups is 1. The van der Waals surface area contributed by atoms with Gasteiger partial charge >= 0.3 is 0 Å². The van der Waals surface area contributed by atoms with E-state index in [2.05, 4.69) is 43.5 Å². The molecule has 7 heteroatoms. The van der Waals surface area contributed by atoms with Crippen LogP contribution < -0.4 is 10.2 Å². The first-order valence-electron chi connectivity index (χ1n) is 10.9. The van der Waals surface area contributed by atoms with Crippen LogP contribution in [0.25, 0.3) is 0 Å². The van der Waals surface area contributed by atoms with Crippen molar-refractivity contribution in [2.24, 2.45) is 0 Å². The van der Waals surface area contributed by atoms with Crippen LogP contribution in [-0.4, -0.2) is 64.1 Å². The van der Waals surface area contributed by atoms with E-state index >= 15 is 0 Å². The number of pyridine rings is 1. The number of hydrogen-bond donors (Lipinski definition) is 1. The number of carbonyl (C=O) groups excluding carboxylic acids is 1. The monoisotopic (exact) mass is 396 g/mol. The highest BCUT2D eigenvalue weighted by atomic mass is 16.1. The maximum Gasteiger partial charge on any atom is 0.252 e. The van der Waals surface area contributed by atoms with E-state index in [1.54, 1.807) is 6.20 Å². The molecule has 2 aliphatic rings. The summed E-state index contributed by atoms with van der Waals surface area (Å²) in [7, 11) is 0. The lowest BCUT2D eigenvalue weighted by molar-refractivity contribution is 0.0952. The summed E-state index contributed by atoms with van der Waals surface area (Å²) >= 11 is 0. The Kier molecular flexibility index (Phi) is 6.13. The lowest BCUT2D eigenvalue weighted by Crippen LogP contribution is -2.50. The van der Waals surface area contributed by atoms with Gasteiger partial charge in [-0.1, -0.05) is 13.8 Å². The summed E-state index contributed by atoms with van der Waals surface area (Å²) in [6.45, 7) is 10.2. The SMILES string of the molecule is CC(C)c1nccn1CCCNC(=O)c1ccc(N2CCN3CCC[C@@H]3C2)nc1. The average Bonchev–Trinajstić information content (AvgIpc) is 3.40. The van der Waals surface area contributed by atoms with Crippen molar-refractivity contribution in [3.63, 3.8) is 0 Å². The van der Waals surface area contributed by atoms with Gasteiger partial charge < -0.3 is 14.8 Å². The van der Waals surface area contributed by atoms with Gasteiger partial charge in [-0.3, -0.25) is 9.69 Å². The molecule has 1 amide bonds. The second-order valence-electron chi connectivity index (χ2n) is 8.43. The van der Waals surface area contributed by atoms with Crippen molar-refractivity contribution >= 4 is 11.7 Å². The van der Waals surface area contributed by atoms with Crippen LogP contribution in [-0.2, 0) is 6.54 Å². The van der Waals surface area contributed by atoms with Crippen molar-refractivity contribution < 1.29 is 4.79 Å². The standard InChI is InChI=1S/C22H32N6O/c1-17(2)21-23-9-12-27(21)11-4-8-24-22(29)18-6-7-20(25-15-18)28-14-13-26-10-3-5-19(26)16-28/h6-7,9,12,15,17,19H,3-5,8,10-11,13-14,16H2,1-2H3,(H,24,29)/t19-/m1/s1. The van der Waals surface area contributed by atoms with Gasteiger partial charge in [-0.25, -0.2) is 9.97 Å². The van der Waals surface area contributed by atoms with E-state index in [9.17, 15) is 4.79 Å². The molecule has 2 aromatic heterocycles. The van der Waals surface area contributed by atoms with Crippen LogP contribution in [0.15, 0.2) is 30.7 Å². The Labute approximate surface area is 173 Å². The molecule has 2 aliphatic heterocycles. The number of aryl methyl sites for hydroxylation is 1. The molecule has 2 saturated heterocycles. The van der Waals surface area contributed by atoms with Crippen LogP contribution in [0.1, 0.15) is 55.2 Å². The molecule has 29 heavy (non-hydrogen) atoms. The number of nitrogens with zero attached hydrogens (tertiary/aromatic N) is 5. The summed E-state index contributed by atoms with van der Waals surface area (Å²) in [6, 6.07) is 4.55. The van der Waals surface area contributed by atoms with Crippen molar-refractivity contribution in [1.82, 2.24) is 24.8 Å². The van der Waals surface area contributed by atoms with Crippen LogP contribution in [0.4, 0.5) is 5.82 Å². The topological polar surface area (TPSA) is 66.3 Å². The van der Waals surface area contributed by atoms with E-state index in [4.69, 9.17) is 0 Å². The number of nitrogens with one attached hydrogen (secondary N) is 1. The van der Waals surface area contributed by atoms with Crippen molar-refractivity contribution in [3.8, 4) is 0 Å². The number of rotatable bonds is 7. The van der Waals surface area contributed by atoms with Gasteiger partial charge in [0.1, 0.15) is 11.6 Å². The lowest BCUT2D eigenvalue weighted by Gasteiger charge is -2.38. The first-order chi connectivity index (χ1) is 14.1. The minimum atomic E-state index is -0.0561. The zero-order chi connectivity index (χ0) is 20.2. The number of amides is 1. The number of piperazine rings is 1. The molecule has 0 spiro atoms. The maximum absolute atomic E-state index is 12.4. The first kappa shape index (κ1) is 19.9. The average molecular weight is 397 g/mol. The second kappa shape index (κ2) is 8.95. The maximum atomic E-state index is 12.4. The van der Waals surface area contributed by atoms with Crippen molar-refractivity contribution in [2.45, 2.75) is 51.6 Å². The fourth-order valence-electron chi connectivity index (χ4n) is 4.47. The van der Waals surface area contributed by atoms with Gasteiger partial charge in [0.2, 0.25) is 0 Å².